The first-order valence-electron chi connectivity index (χ1n) is 11.5. The van der Waals surface area contributed by atoms with E-state index in [0.717, 1.165) is 34.0 Å². The normalized spacial score (nSPS) is 10.8. The van der Waals surface area contributed by atoms with Crippen LogP contribution in [0, 0.1) is 13.8 Å². The number of nitrogens with two attached hydrogens (primary N) is 1. The smallest absolute Gasteiger partial charge is 0.255 e. The minimum Gasteiger partial charge on any atom is -0.383 e. The lowest BCUT2D eigenvalue weighted by Gasteiger charge is -2.07. The van der Waals surface area contributed by atoms with Gasteiger partial charge in [0.1, 0.15) is 5.82 Å². The monoisotopic (exact) mass is 501 g/mol. The number of aromatic nitrogens is 5. The predicted molar refractivity (Wildman–Crippen MR) is 143 cm³/mol. The number of carbonyl (C=O) groups is 1. The van der Waals surface area contributed by atoms with Gasteiger partial charge in [0, 0.05) is 30.5 Å². The number of carbonyl (C=O) groups excluding carboxylic acids is 1. The Morgan fingerprint density at radius 2 is 1.64 bits per heavy atom. The molecule has 0 bridgehead atoms. The molecule has 0 fully saturated rings. The summed E-state index contributed by atoms with van der Waals surface area (Å²) < 4.78 is 3.73. The number of amides is 1. The van der Waals surface area contributed by atoms with Crippen molar-refractivity contribution in [3.8, 4) is 0 Å². The summed E-state index contributed by atoms with van der Waals surface area (Å²) in [4.78, 5) is 16.9. The molecular weight excluding hydrogens is 474 g/mol. The molecule has 5 rings (SSSR count). The minimum absolute atomic E-state index is 0. The Morgan fingerprint density at radius 1 is 0.944 bits per heavy atom. The van der Waals surface area contributed by atoms with E-state index >= 15 is 0 Å². The van der Waals surface area contributed by atoms with E-state index in [9.17, 15) is 4.79 Å². The molecule has 0 aliphatic rings. The van der Waals surface area contributed by atoms with Crippen LogP contribution in [0.25, 0.3) is 10.8 Å². The average molecular weight is 502 g/mol. The van der Waals surface area contributed by atoms with Crippen LogP contribution in [0.2, 0.25) is 0 Å². The molecule has 184 valence electrons. The van der Waals surface area contributed by atoms with Crippen molar-refractivity contribution in [1.82, 2.24) is 29.9 Å². The van der Waals surface area contributed by atoms with Gasteiger partial charge in [-0.2, -0.15) is 10.2 Å². The van der Waals surface area contributed by atoms with Crippen LogP contribution in [0.4, 0.5) is 5.82 Å². The van der Waals surface area contributed by atoms with Gasteiger partial charge in [0.15, 0.2) is 0 Å². The van der Waals surface area contributed by atoms with E-state index in [1.54, 1.807) is 12.4 Å². The van der Waals surface area contributed by atoms with Gasteiger partial charge < -0.3 is 11.1 Å². The molecule has 0 saturated heterocycles. The Balaban J connectivity index is 0.00000304. The summed E-state index contributed by atoms with van der Waals surface area (Å²) in [6.07, 6.45) is 7.38. The van der Waals surface area contributed by atoms with E-state index in [1.165, 1.54) is 5.56 Å². The number of pyridine rings is 1. The van der Waals surface area contributed by atoms with Crippen molar-refractivity contribution in [1.29, 1.82) is 0 Å². The zero-order valence-corrected chi connectivity index (χ0v) is 21.0. The molecule has 36 heavy (non-hydrogen) atoms. The van der Waals surface area contributed by atoms with Gasteiger partial charge in [-0.05, 0) is 53.6 Å². The molecule has 5 aromatic rings. The standard InChI is InChI=1S/C27H27N7O.ClH/c1-18-12-31-33(14-18)15-20-3-5-21(6-4-20)16-34-17-25(19(2)32-34)27(35)30-13-22-7-8-24-23(11-22)9-10-29-26(24)28;/h3-12,14,17H,13,15-16H2,1-2H3,(H2,28,29)(H,30,35);1H. The van der Waals surface area contributed by atoms with Gasteiger partial charge in [-0.25, -0.2) is 4.98 Å². The molecule has 1 amide bonds. The molecule has 8 nitrogen and oxygen atoms in total. The Morgan fingerprint density at radius 3 is 2.33 bits per heavy atom. The van der Waals surface area contributed by atoms with Crippen molar-refractivity contribution in [2.75, 3.05) is 5.73 Å². The number of benzene rings is 2. The van der Waals surface area contributed by atoms with Gasteiger partial charge in [-0.3, -0.25) is 14.2 Å². The number of nitrogens with zero attached hydrogens (tertiary/aromatic N) is 5. The molecule has 2 aromatic carbocycles. The number of halogens is 1. The highest BCUT2D eigenvalue weighted by molar-refractivity contribution is 5.95. The van der Waals surface area contributed by atoms with Crippen LogP contribution in [0.5, 0.6) is 0 Å². The first-order valence-corrected chi connectivity index (χ1v) is 11.5. The zero-order chi connectivity index (χ0) is 24.4. The molecule has 3 aromatic heterocycles. The molecule has 0 saturated carbocycles. The minimum atomic E-state index is -0.145. The lowest BCUT2D eigenvalue weighted by atomic mass is 10.1. The van der Waals surface area contributed by atoms with E-state index in [2.05, 4.69) is 44.8 Å². The van der Waals surface area contributed by atoms with Crippen LogP contribution >= 0.6 is 12.4 Å². The summed E-state index contributed by atoms with van der Waals surface area (Å²) >= 11 is 0. The summed E-state index contributed by atoms with van der Waals surface area (Å²) in [5.74, 6) is 0.358. The Bertz CT molecular complexity index is 1500. The number of nitrogens with one attached hydrogen (secondary N) is 1. The number of fused-ring (bicyclic) bond motifs is 1. The molecule has 3 N–H and O–H groups in total. The number of nitrogen functional groups attached to an aromatic ring is 1. The fourth-order valence-corrected chi connectivity index (χ4v) is 4.14. The second-order valence-corrected chi connectivity index (χ2v) is 8.79. The average Bonchev–Trinajstić information content (AvgIpc) is 3.43. The van der Waals surface area contributed by atoms with Crippen LogP contribution in [0.1, 0.15) is 38.3 Å². The van der Waals surface area contributed by atoms with Gasteiger partial charge >= 0.3 is 0 Å². The maximum Gasteiger partial charge on any atom is 0.255 e. The van der Waals surface area contributed by atoms with Crippen LogP contribution in [-0.4, -0.2) is 30.5 Å². The van der Waals surface area contributed by atoms with Crippen LogP contribution in [0.3, 0.4) is 0 Å². The molecule has 9 heteroatoms. The molecule has 0 aliphatic carbocycles. The van der Waals surface area contributed by atoms with Crippen molar-refractivity contribution >= 4 is 34.9 Å². The number of anilines is 1. The predicted octanol–water partition coefficient (Wildman–Crippen LogP) is 4.28. The second-order valence-electron chi connectivity index (χ2n) is 8.79. The highest BCUT2D eigenvalue weighted by atomic mass is 35.5. The van der Waals surface area contributed by atoms with Crippen molar-refractivity contribution < 1.29 is 4.79 Å². The molecule has 0 unspecified atom stereocenters. The largest absolute Gasteiger partial charge is 0.383 e. The maximum atomic E-state index is 12.8. The molecule has 0 aliphatic heterocycles. The van der Waals surface area contributed by atoms with Crippen molar-refractivity contribution in [3.05, 3.63) is 107 Å². The fraction of sp³-hybridized carbons (Fsp3) is 0.185. The molecular formula is C27H28ClN7O. The third kappa shape index (κ3) is 5.55. The molecule has 3 heterocycles. The third-order valence-electron chi connectivity index (χ3n) is 5.98. The highest BCUT2D eigenvalue weighted by Crippen LogP contribution is 2.20. The van der Waals surface area contributed by atoms with Crippen LogP contribution in [-0.2, 0) is 19.6 Å². The summed E-state index contributed by atoms with van der Waals surface area (Å²) in [5.41, 5.74) is 11.6. The van der Waals surface area contributed by atoms with Crippen molar-refractivity contribution in [2.45, 2.75) is 33.5 Å². The van der Waals surface area contributed by atoms with E-state index in [4.69, 9.17) is 5.73 Å². The van der Waals surface area contributed by atoms with Gasteiger partial charge in [0.2, 0.25) is 0 Å². The number of rotatable bonds is 7. The topological polar surface area (TPSA) is 104 Å². The Kier molecular flexibility index (Phi) is 7.36. The number of hydrogen-bond acceptors (Lipinski definition) is 5. The number of aryl methyl sites for hydroxylation is 2. The summed E-state index contributed by atoms with van der Waals surface area (Å²) in [5, 5.41) is 13.8. The summed E-state index contributed by atoms with van der Waals surface area (Å²) in [6, 6.07) is 16.2. The van der Waals surface area contributed by atoms with Crippen molar-refractivity contribution in [2.24, 2.45) is 0 Å². The third-order valence-corrected chi connectivity index (χ3v) is 5.98. The van der Waals surface area contributed by atoms with E-state index in [1.807, 2.05) is 59.9 Å². The zero-order valence-electron chi connectivity index (χ0n) is 20.2. The van der Waals surface area contributed by atoms with E-state index in [0.29, 0.717) is 30.2 Å². The summed E-state index contributed by atoms with van der Waals surface area (Å²) in [7, 11) is 0. The van der Waals surface area contributed by atoms with Crippen molar-refractivity contribution in [3.63, 3.8) is 0 Å². The molecule has 0 radical (unpaired) electrons. The second kappa shape index (κ2) is 10.6. The first-order chi connectivity index (χ1) is 16.9. The van der Waals surface area contributed by atoms with Crippen LogP contribution in [0.15, 0.2) is 73.3 Å². The van der Waals surface area contributed by atoms with Crippen LogP contribution < -0.4 is 11.1 Å². The van der Waals surface area contributed by atoms with E-state index in [-0.39, 0.29) is 18.3 Å². The van der Waals surface area contributed by atoms with Gasteiger partial charge in [0.05, 0.1) is 30.5 Å². The first kappa shape index (κ1) is 24.9. The Labute approximate surface area is 215 Å². The van der Waals surface area contributed by atoms with Gasteiger partial charge in [-0.15, -0.1) is 12.4 Å². The van der Waals surface area contributed by atoms with Gasteiger partial charge in [-0.1, -0.05) is 36.4 Å². The molecule has 0 atom stereocenters. The summed E-state index contributed by atoms with van der Waals surface area (Å²) in [6.45, 7) is 5.63. The SMILES string of the molecule is Cc1cnn(Cc2ccc(Cn3cc(C(=O)NCc4ccc5c(N)nccc5c4)c(C)n3)cc2)c1.Cl. The quantitative estimate of drug-likeness (QED) is 0.346. The highest BCUT2D eigenvalue weighted by Gasteiger charge is 2.14. The maximum absolute atomic E-state index is 12.8. The number of hydrogen-bond donors (Lipinski definition) is 2. The lowest BCUT2D eigenvalue weighted by Crippen LogP contribution is -2.23. The van der Waals surface area contributed by atoms with E-state index < -0.39 is 0 Å². The lowest BCUT2D eigenvalue weighted by molar-refractivity contribution is 0.0950. The Hall–Kier alpha value is -4.17. The fourth-order valence-electron chi connectivity index (χ4n) is 4.14. The van der Waals surface area contributed by atoms with Gasteiger partial charge in [0.25, 0.3) is 5.91 Å². The molecule has 0 spiro atoms.